The minimum atomic E-state index is -1.17. The fourth-order valence-electron chi connectivity index (χ4n) is 9.26. The van der Waals surface area contributed by atoms with E-state index in [4.69, 9.17) is 26.5 Å². The van der Waals surface area contributed by atoms with Gasteiger partial charge in [-0.15, -0.1) is 0 Å². The first-order chi connectivity index (χ1) is 32.6. The number of ether oxygens (including phenoxy) is 1. The summed E-state index contributed by atoms with van der Waals surface area (Å²) in [6.07, 6.45) is 0.680. The molecule has 0 saturated carbocycles. The van der Waals surface area contributed by atoms with Crippen LogP contribution in [-0.4, -0.2) is 62.1 Å². The van der Waals surface area contributed by atoms with Crippen LogP contribution in [0.15, 0.2) is 143 Å². The van der Waals surface area contributed by atoms with Gasteiger partial charge in [0.2, 0.25) is 0 Å². The Labute approximate surface area is 389 Å². The van der Waals surface area contributed by atoms with E-state index in [1.165, 1.54) is 35.9 Å². The number of benzene rings is 7. The minimum Gasteiger partial charge on any atom is -0.508 e. The van der Waals surface area contributed by atoms with Crippen LogP contribution in [0.25, 0.3) is 55.0 Å². The van der Waals surface area contributed by atoms with Crippen molar-refractivity contribution in [3.8, 4) is 33.9 Å². The first-order valence-corrected chi connectivity index (χ1v) is 22.2. The van der Waals surface area contributed by atoms with Crippen LogP contribution in [0.1, 0.15) is 43.2 Å². The lowest BCUT2D eigenvalue weighted by Gasteiger charge is -2.28. The van der Waals surface area contributed by atoms with Crippen LogP contribution in [0, 0.1) is 0 Å². The maximum Gasteiger partial charge on any atom is 0.336 e. The first-order valence-electron chi connectivity index (χ1n) is 21.8. The van der Waals surface area contributed by atoms with Gasteiger partial charge in [0.05, 0.1) is 19.2 Å². The van der Waals surface area contributed by atoms with E-state index in [9.17, 15) is 24.6 Å². The highest BCUT2D eigenvalue weighted by molar-refractivity contribution is 7.80. The van der Waals surface area contributed by atoms with Gasteiger partial charge in [-0.1, -0.05) is 78.9 Å². The Bertz CT molecular complexity index is 3450. The third-order valence-electron chi connectivity index (χ3n) is 12.4. The number of rotatable bonds is 12. The molecule has 2 aliphatic heterocycles. The van der Waals surface area contributed by atoms with Crippen molar-refractivity contribution in [2.75, 3.05) is 25.5 Å². The molecule has 3 aliphatic rings. The van der Waals surface area contributed by atoms with Gasteiger partial charge in [-0.25, -0.2) is 4.79 Å². The van der Waals surface area contributed by atoms with E-state index >= 15 is 0 Å². The molecule has 334 valence electrons. The third-order valence-corrected chi connectivity index (χ3v) is 12.6. The quantitative estimate of drug-likeness (QED) is 0.0583. The molecule has 1 amide bonds. The number of hydrogen-bond acceptors (Lipinski definition) is 9. The summed E-state index contributed by atoms with van der Waals surface area (Å²) in [6.45, 7) is 3.09. The third kappa shape index (κ3) is 8.51. The summed E-state index contributed by atoms with van der Waals surface area (Å²) < 4.78 is 13.5. The molecule has 67 heavy (non-hydrogen) atoms. The Morgan fingerprint density at radius 3 is 2.45 bits per heavy atom. The summed E-state index contributed by atoms with van der Waals surface area (Å²) in [6, 6.07) is 40.4. The Morgan fingerprint density at radius 1 is 0.821 bits per heavy atom. The molecule has 14 heteroatoms. The average molecular weight is 909 g/mol. The zero-order chi connectivity index (χ0) is 46.2. The lowest BCUT2D eigenvalue weighted by atomic mass is 9.90. The van der Waals surface area contributed by atoms with Crippen molar-refractivity contribution in [1.29, 1.82) is 0 Å². The highest BCUT2D eigenvalue weighted by Crippen LogP contribution is 2.42. The van der Waals surface area contributed by atoms with E-state index < -0.39 is 5.97 Å². The molecule has 0 radical (unpaired) electrons. The van der Waals surface area contributed by atoms with Crippen molar-refractivity contribution in [2.45, 2.75) is 32.6 Å². The molecule has 0 bridgehead atoms. The van der Waals surface area contributed by atoms with Gasteiger partial charge in [0.25, 0.3) is 5.91 Å². The normalized spacial score (nSPS) is 12.6. The van der Waals surface area contributed by atoms with Gasteiger partial charge in [-0.2, -0.15) is 5.10 Å². The second kappa shape index (κ2) is 18.1. The number of nitrogens with one attached hydrogen (secondary N) is 3. The number of aromatic carboxylic acids is 1. The Morgan fingerprint density at radius 2 is 1.61 bits per heavy atom. The van der Waals surface area contributed by atoms with Gasteiger partial charge in [0.1, 0.15) is 22.8 Å². The number of aromatic nitrogens is 2. The number of amides is 1. The lowest BCUT2D eigenvalue weighted by Crippen LogP contribution is -2.33. The van der Waals surface area contributed by atoms with Crippen molar-refractivity contribution in [1.82, 2.24) is 25.3 Å². The maximum atomic E-state index is 14.1. The zero-order valence-corrected chi connectivity index (χ0v) is 37.2. The molecule has 1 aliphatic carbocycles. The predicted molar refractivity (Wildman–Crippen MR) is 263 cm³/mol. The van der Waals surface area contributed by atoms with Crippen molar-refractivity contribution in [3.63, 3.8) is 0 Å². The number of thiocarbonyl (C=S) groups is 1. The van der Waals surface area contributed by atoms with Crippen LogP contribution < -0.4 is 26.1 Å². The molecule has 1 aromatic heterocycles. The van der Waals surface area contributed by atoms with Gasteiger partial charge < -0.3 is 35.3 Å². The van der Waals surface area contributed by atoms with E-state index in [1.54, 1.807) is 31.4 Å². The minimum absolute atomic E-state index is 0.00970. The molecule has 0 saturated heterocycles. The fourth-order valence-corrected chi connectivity index (χ4v) is 9.48. The van der Waals surface area contributed by atoms with Crippen LogP contribution in [0.3, 0.4) is 0 Å². The monoisotopic (exact) mass is 908 g/mol. The van der Waals surface area contributed by atoms with Gasteiger partial charge in [-0.3, -0.25) is 19.2 Å². The number of anilines is 1. The van der Waals surface area contributed by atoms with Crippen LogP contribution in [0.4, 0.5) is 5.69 Å². The molecular weight excluding hydrogens is 865 g/mol. The smallest absolute Gasteiger partial charge is 0.336 e. The number of phenols is 1. The highest BCUT2D eigenvalue weighted by Gasteiger charge is 2.29. The largest absolute Gasteiger partial charge is 0.508 e. The van der Waals surface area contributed by atoms with Gasteiger partial charge >= 0.3 is 5.97 Å². The molecule has 3 heterocycles. The second-order valence-electron chi connectivity index (χ2n) is 16.5. The summed E-state index contributed by atoms with van der Waals surface area (Å²) >= 11 is 5.70. The van der Waals surface area contributed by atoms with Crippen molar-refractivity contribution < 1.29 is 29.0 Å². The van der Waals surface area contributed by atoms with E-state index in [-0.39, 0.29) is 33.5 Å². The lowest BCUT2D eigenvalue weighted by molar-refractivity contribution is 0.0697. The van der Waals surface area contributed by atoms with Crippen molar-refractivity contribution >= 4 is 67.4 Å². The SMILES string of the molecule is COc1ccc(CN2CCc3c(c(C(=O)NCc4cccc5ccccc45)nn3CCNC(=S)Nc3ccc(-c4c5ccc(=O)cc-5oc5cc(O)ccc45)c(C(=O)O)c3)C2)c2ccccc12. The van der Waals surface area contributed by atoms with Gasteiger partial charge in [0, 0.05) is 90.1 Å². The molecule has 5 N–H and O–H groups in total. The number of aromatic hydroxyl groups is 1. The number of carbonyl (C=O) groups excluding carboxylic acids is 1. The number of carboxylic acid groups (broad SMARTS) is 1. The van der Waals surface area contributed by atoms with Crippen LogP contribution in [0.5, 0.6) is 11.5 Å². The molecule has 7 aromatic rings. The average Bonchev–Trinajstić information content (AvgIpc) is 3.70. The zero-order valence-electron chi connectivity index (χ0n) is 36.3. The highest BCUT2D eigenvalue weighted by atomic mass is 32.1. The van der Waals surface area contributed by atoms with Crippen LogP contribution >= 0.6 is 12.2 Å². The molecule has 10 rings (SSSR count). The summed E-state index contributed by atoms with van der Waals surface area (Å²) in [5.41, 5.74) is 6.39. The maximum absolute atomic E-state index is 14.1. The van der Waals surface area contributed by atoms with E-state index in [2.05, 4.69) is 57.2 Å². The number of carboxylic acids is 1. The van der Waals surface area contributed by atoms with Crippen LogP contribution in [-0.2, 0) is 32.6 Å². The number of methoxy groups -OCH3 is 1. The summed E-state index contributed by atoms with van der Waals surface area (Å²) in [5, 5.41) is 40.3. The summed E-state index contributed by atoms with van der Waals surface area (Å²) in [5.74, 6) is -0.371. The second-order valence-corrected chi connectivity index (χ2v) is 16.9. The molecule has 0 spiro atoms. The van der Waals surface area contributed by atoms with E-state index in [0.29, 0.717) is 78.2 Å². The van der Waals surface area contributed by atoms with Crippen molar-refractivity contribution in [3.05, 3.63) is 177 Å². The van der Waals surface area contributed by atoms with E-state index in [0.717, 1.165) is 50.7 Å². The van der Waals surface area contributed by atoms with Gasteiger partial charge in [-0.05, 0) is 87.5 Å². The Balaban J connectivity index is 0.879. The first kappa shape index (κ1) is 42.9. The standard InChI is InChI=1S/C53H44N6O7S/c1-65-46-20-13-33(38-11-4-5-12-39(38)46)29-58-23-21-45-44(30-58)50(51(62)55-28-32-9-6-8-31-7-2-3-10-37(31)32)57-59(45)24-22-54-53(67)56-34-14-17-40(43(25-34)52(63)64)49-41-18-15-35(60)26-47(41)66-48-27-36(61)16-19-42(48)49/h2-20,25-27,60H,21-24,28-30H2,1H3,(H,55,62)(H,63,64)(H2,54,56,67). The summed E-state index contributed by atoms with van der Waals surface area (Å²) in [7, 11) is 1.68. The molecule has 0 atom stereocenters. The molecule has 0 fully saturated rings. The van der Waals surface area contributed by atoms with Gasteiger partial charge in [0.15, 0.2) is 16.2 Å². The number of carbonyl (C=O) groups is 2. The predicted octanol–water partition coefficient (Wildman–Crippen LogP) is 8.96. The summed E-state index contributed by atoms with van der Waals surface area (Å²) in [4.78, 5) is 41.6. The molecular formula is C53H44N6O7S. The topological polar surface area (TPSA) is 171 Å². The number of phenolic OH excluding ortho intramolecular Hbond substituents is 1. The number of nitrogens with zero attached hydrogens (tertiary/aromatic N) is 3. The molecule has 0 unspecified atom stereocenters. The van der Waals surface area contributed by atoms with Crippen molar-refractivity contribution in [2.24, 2.45) is 0 Å². The number of fused-ring (bicyclic) bond motifs is 5. The Hall–Kier alpha value is -8.07. The molecule has 13 nitrogen and oxygen atoms in total. The van der Waals surface area contributed by atoms with Crippen LogP contribution in [0.2, 0.25) is 0 Å². The molecule has 6 aromatic carbocycles. The number of hydrogen-bond donors (Lipinski definition) is 5. The Kier molecular flexibility index (Phi) is 11.6. The van der Waals surface area contributed by atoms with E-state index in [1.807, 2.05) is 47.1 Å². The fraction of sp³-hybridized carbons (Fsp3) is 0.151.